The molecule has 2 N–H and O–H groups in total. The van der Waals surface area contributed by atoms with Crippen LogP contribution in [0.3, 0.4) is 0 Å². The van der Waals surface area contributed by atoms with Crippen LogP contribution >= 0.6 is 11.6 Å². The van der Waals surface area contributed by atoms with Crippen LogP contribution in [0.25, 0.3) is 0 Å². The van der Waals surface area contributed by atoms with Crippen molar-refractivity contribution in [3.8, 4) is 5.75 Å². The van der Waals surface area contributed by atoms with E-state index in [2.05, 4.69) is 20.5 Å². The molecule has 94 valence electrons. The fourth-order valence-electron chi connectivity index (χ4n) is 1.24. The second-order valence-electron chi connectivity index (χ2n) is 3.54. The quantitative estimate of drug-likeness (QED) is 0.884. The van der Waals surface area contributed by atoms with Gasteiger partial charge in [-0.3, -0.25) is 15.2 Å². The number of rotatable bonds is 4. The summed E-state index contributed by atoms with van der Waals surface area (Å²) in [5.74, 6) is 1.10. The smallest absolute Gasteiger partial charge is 0.264 e. The zero-order chi connectivity index (χ0) is 13.0. The molecule has 0 aliphatic carbocycles. The molecular formula is C11H11ClN4O2. The molecule has 1 heterocycles. The number of aryl methyl sites for hydroxylation is 1. The summed E-state index contributed by atoms with van der Waals surface area (Å²) in [5, 5.41) is 9.52. The van der Waals surface area contributed by atoms with Crippen molar-refractivity contribution in [3.05, 3.63) is 35.1 Å². The van der Waals surface area contributed by atoms with E-state index in [9.17, 15) is 4.79 Å². The summed E-state index contributed by atoms with van der Waals surface area (Å²) >= 11 is 5.73. The molecule has 1 aromatic carbocycles. The maximum absolute atomic E-state index is 11.5. The van der Waals surface area contributed by atoms with Gasteiger partial charge in [0.1, 0.15) is 11.6 Å². The van der Waals surface area contributed by atoms with E-state index in [1.165, 1.54) is 0 Å². The van der Waals surface area contributed by atoms with E-state index in [0.717, 1.165) is 0 Å². The Labute approximate surface area is 108 Å². The zero-order valence-corrected chi connectivity index (χ0v) is 10.4. The molecule has 2 rings (SSSR count). The van der Waals surface area contributed by atoms with Gasteiger partial charge >= 0.3 is 0 Å². The lowest BCUT2D eigenvalue weighted by Crippen LogP contribution is -2.20. The SMILES string of the molecule is Cc1nc(NC(=O)COc2ccc(Cl)cc2)n[nH]1. The summed E-state index contributed by atoms with van der Waals surface area (Å²) in [7, 11) is 0. The van der Waals surface area contributed by atoms with Gasteiger partial charge in [0.15, 0.2) is 6.61 Å². The molecule has 0 spiro atoms. The van der Waals surface area contributed by atoms with Crippen LogP contribution in [0, 0.1) is 6.92 Å². The number of anilines is 1. The summed E-state index contributed by atoms with van der Waals surface area (Å²) in [4.78, 5) is 15.5. The van der Waals surface area contributed by atoms with Crippen molar-refractivity contribution in [2.24, 2.45) is 0 Å². The highest BCUT2D eigenvalue weighted by Gasteiger charge is 2.06. The number of nitrogens with zero attached hydrogens (tertiary/aromatic N) is 2. The Morgan fingerprint density at radius 1 is 1.44 bits per heavy atom. The predicted molar refractivity (Wildman–Crippen MR) is 66.7 cm³/mol. The lowest BCUT2D eigenvalue weighted by molar-refractivity contribution is -0.118. The Bertz CT molecular complexity index is 538. The summed E-state index contributed by atoms with van der Waals surface area (Å²) < 4.78 is 5.27. The molecule has 6 nitrogen and oxygen atoms in total. The minimum absolute atomic E-state index is 0.116. The van der Waals surface area contributed by atoms with Crippen molar-refractivity contribution in [1.29, 1.82) is 0 Å². The van der Waals surface area contributed by atoms with E-state index in [0.29, 0.717) is 16.6 Å². The number of nitrogens with one attached hydrogen (secondary N) is 2. The number of carbonyl (C=O) groups is 1. The van der Waals surface area contributed by atoms with Crippen molar-refractivity contribution >= 4 is 23.5 Å². The number of H-pyrrole nitrogens is 1. The lowest BCUT2D eigenvalue weighted by atomic mass is 10.3. The number of hydrogen-bond acceptors (Lipinski definition) is 4. The Hall–Kier alpha value is -2.08. The van der Waals surface area contributed by atoms with Gasteiger partial charge in [-0.05, 0) is 31.2 Å². The third-order valence-corrected chi connectivity index (χ3v) is 2.28. The molecule has 0 fully saturated rings. The van der Waals surface area contributed by atoms with Crippen molar-refractivity contribution in [2.75, 3.05) is 11.9 Å². The highest BCUT2D eigenvalue weighted by atomic mass is 35.5. The maximum atomic E-state index is 11.5. The van der Waals surface area contributed by atoms with Crippen molar-refractivity contribution in [1.82, 2.24) is 15.2 Å². The molecule has 7 heteroatoms. The number of carbonyl (C=O) groups excluding carboxylic acids is 1. The molecule has 0 aliphatic heterocycles. The molecule has 1 amide bonds. The second-order valence-corrected chi connectivity index (χ2v) is 3.97. The van der Waals surface area contributed by atoms with E-state index < -0.39 is 0 Å². The number of benzene rings is 1. The van der Waals surface area contributed by atoms with Crippen LogP contribution in [0.2, 0.25) is 5.02 Å². The van der Waals surface area contributed by atoms with Gasteiger partial charge in [-0.15, -0.1) is 5.10 Å². The van der Waals surface area contributed by atoms with Crippen molar-refractivity contribution in [3.63, 3.8) is 0 Å². The van der Waals surface area contributed by atoms with Gasteiger partial charge < -0.3 is 4.74 Å². The largest absolute Gasteiger partial charge is 0.484 e. The topological polar surface area (TPSA) is 79.9 Å². The van der Waals surface area contributed by atoms with E-state index in [1.807, 2.05) is 0 Å². The molecule has 0 radical (unpaired) electrons. The third kappa shape index (κ3) is 3.46. The van der Waals surface area contributed by atoms with E-state index in [4.69, 9.17) is 16.3 Å². The fourth-order valence-corrected chi connectivity index (χ4v) is 1.37. The molecule has 0 bridgehead atoms. The van der Waals surface area contributed by atoms with Crippen LogP contribution < -0.4 is 10.1 Å². The number of aromatic nitrogens is 3. The highest BCUT2D eigenvalue weighted by Crippen LogP contribution is 2.15. The van der Waals surface area contributed by atoms with Crippen LogP contribution in [0.5, 0.6) is 5.75 Å². The van der Waals surface area contributed by atoms with Crippen LogP contribution in [0.4, 0.5) is 5.95 Å². The van der Waals surface area contributed by atoms with Crippen LogP contribution in [-0.4, -0.2) is 27.7 Å². The van der Waals surface area contributed by atoms with E-state index in [1.54, 1.807) is 31.2 Å². The molecule has 0 saturated heterocycles. The summed E-state index contributed by atoms with van der Waals surface area (Å²) in [5.41, 5.74) is 0. The molecule has 0 saturated carbocycles. The fraction of sp³-hybridized carbons (Fsp3) is 0.182. The Morgan fingerprint density at radius 2 is 2.17 bits per heavy atom. The molecule has 0 atom stereocenters. The number of hydrogen-bond donors (Lipinski definition) is 2. The maximum Gasteiger partial charge on any atom is 0.264 e. The van der Waals surface area contributed by atoms with Crippen molar-refractivity contribution in [2.45, 2.75) is 6.92 Å². The lowest BCUT2D eigenvalue weighted by Gasteiger charge is -2.05. The van der Waals surface area contributed by atoms with E-state index in [-0.39, 0.29) is 18.5 Å². The average Bonchev–Trinajstić information content (AvgIpc) is 2.74. The minimum atomic E-state index is -0.330. The molecular weight excluding hydrogens is 256 g/mol. The number of halogens is 1. The van der Waals surface area contributed by atoms with Gasteiger partial charge in [0.05, 0.1) is 0 Å². The summed E-state index contributed by atoms with van der Waals surface area (Å²) in [6.07, 6.45) is 0. The first-order valence-electron chi connectivity index (χ1n) is 5.21. The molecule has 0 unspecified atom stereocenters. The normalized spacial score (nSPS) is 10.1. The number of amides is 1. The highest BCUT2D eigenvalue weighted by molar-refractivity contribution is 6.30. The molecule has 1 aromatic heterocycles. The average molecular weight is 267 g/mol. The molecule has 0 aliphatic rings. The Balaban J connectivity index is 1.83. The number of aromatic amines is 1. The first kappa shape index (κ1) is 12.4. The standard InChI is InChI=1S/C11H11ClN4O2/c1-7-13-11(16-15-7)14-10(17)6-18-9-4-2-8(12)3-5-9/h2-5H,6H2,1H3,(H2,13,14,15,16,17). The van der Waals surface area contributed by atoms with Gasteiger partial charge in [0, 0.05) is 5.02 Å². The first-order chi connectivity index (χ1) is 8.63. The molecule has 18 heavy (non-hydrogen) atoms. The number of ether oxygens (including phenoxy) is 1. The first-order valence-corrected chi connectivity index (χ1v) is 5.58. The van der Waals surface area contributed by atoms with Gasteiger partial charge in [-0.25, -0.2) is 0 Å². The van der Waals surface area contributed by atoms with Crippen molar-refractivity contribution < 1.29 is 9.53 Å². The third-order valence-electron chi connectivity index (χ3n) is 2.03. The zero-order valence-electron chi connectivity index (χ0n) is 9.61. The van der Waals surface area contributed by atoms with Gasteiger partial charge in [-0.1, -0.05) is 11.6 Å². The van der Waals surface area contributed by atoms with Gasteiger partial charge in [0.2, 0.25) is 5.95 Å². The Morgan fingerprint density at radius 3 is 2.78 bits per heavy atom. The Kier molecular flexibility index (Phi) is 3.78. The predicted octanol–water partition coefficient (Wildman–Crippen LogP) is 1.78. The van der Waals surface area contributed by atoms with Gasteiger partial charge in [0.25, 0.3) is 5.91 Å². The minimum Gasteiger partial charge on any atom is -0.484 e. The summed E-state index contributed by atoms with van der Waals surface area (Å²) in [6, 6.07) is 6.75. The van der Waals surface area contributed by atoms with Crippen LogP contribution in [0.15, 0.2) is 24.3 Å². The second kappa shape index (κ2) is 5.50. The van der Waals surface area contributed by atoms with Crippen LogP contribution in [-0.2, 0) is 4.79 Å². The summed E-state index contributed by atoms with van der Waals surface area (Å²) in [6.45, 7) is 1.63. The van der Waals surface area contributed by atoms with Crippen LogP contribution in [0.1, 0.15) is 5.82 Å². The monoisotopic (exact) mass is 266 g/mol. The molecule has 2 aromatic rings. The van der Waals surface area contributed by atoms with E-state index >= 15 is 0 Å². The van der Waals surface area contributed by atoms with Gasteiger partial charge in [-0.2, -0.15) is 4.98 Å².